The number of hydrogen-bond donors (Lipinski definition) is 1. The van der Waals surface area contributed by atoms with Crippen LogP contribution >= 0.6 is 0 Å². The SMILES string of the molecule is O=C(NCc1ccccc1F)c1c(F)c(F)c(F)c(F)c1F. The Morgan fingerprint density at radius 1 is 0.818 bits per heavy atom. The van der Waals surface area contributed by atoms with E-state index in [1.807, 2.05) is 5.32 Å². The van der Waals surface area contributed by atoms with Gasteiger partial charge in [0.1, 0.15) is 11.4 Å². The van der Waals surface area contributed by atoms with Gasteiger partial charge in [-0.2, -0.15) is 0 Å². The highest BCUT2D eigenvalue weighted by Gasteiger charge is 2.29. The van der Waals surface area contributed by atoms with E-state index in [1.54, 1.807) is 0 Å². The second-order valence-electron chi connectivity index (χ2n) is 4.22. The highest BCUT2D eigenvalue weighted by Crippen LogP contribution is 2.23. The van der Waals surface area contributed by atoms with E-state index in [4.69, 9.17) is 0 Å². The zero-order valence-corrected chi connectivity index (χ0v) is 10.7. The Bertz CT molecular complexity index is 717. The van der Waals surface area contributed by atoms with Gasteiger partial charge < -0.3 is 5.32 Å². The van der Waals surface area contributed by atoms with Crippen LogP contribution in [0.15, 0.2) is 24.3 Å². The molecule has 0 aliphatic heterocycles. The van der Waals surface area contributed by atoms with Crippen LogP contribution in [0.1, 0.15) is 15.9 Å². The van der Waals surface area contributed by atoms with Crippen LogP contribution in [0.5, 0.6) is 0 Å². The molecule has 22 heavy (non-hydrogen) atoms. The zero-order chi connectivity index (χ0) is 16.4. The van der Waals surface area contributed by atoms with Gasteiger partial charge in [0.15, 0.2) is 23.3 Å². The lowest BCUT2D eigenvalue weighted by atomic mass is 10.1. The summed E-state index contributed by atoms with van der Waals surface area (Å²) in [6, 6.07) is 5.20. The quantitative estimate of drug-likeness (QED) is 0.524. The van der Waals surface area contributed by atoms with Crippen LogP contribution < -0.4 is 5.32 Å². The van der Waals surface area contributed by atoms with Crippen molar-refractivity contribution in [3.05, 3.63) is 70.3 Å². The van der Waals surface area contributed by atoms with Crippen molar-refractivity contribution >= 4 is 5.91 Å². The van der Waals surface area contributed by atoms with E-state index in [1.165, 1.54) is 18.2 Å². The Kier molecular flexibility index (Phi) is 4.39. The summed E-state index contributed by atoms with van der Waals surface area (Å²) in [6.07, 6.45) is 0. The van der Waals surface area contributed by atoms with E-state index in [9.17, 15) is 31.1 Å². The average Bonchev–Trinajstić information content (AvgIpc) is 2.50. The molecule has 2 aromatic carbocycles. The number of carbonyl (C=O) groups excluding carboxylic acids is 1. The number of hydrogen-bond acceptors (Lipinski definition) is 1. The van der Waals surface area contributed by atoms with Gasteiger partial charge in [-0.25, -0.2) is 26.3 Å². The van der Waals surface area contributed by atoms with Crippen molar-refractivity contribution in [1.29, 1.82) is 0 Å². The van der Waals surface area contributed by atoms with Crippen LogP contribution in [0.25, 0.3) is 0 Å². The molecule has 0 unspecified atom stereocenters. The predicted molar refractivity (Wildman–Crippen MR) is 63.8 cm³/mol. The van der Waals surface area contributed by atoms with Crippen molar-refractivity contribution in [3.8, 4) is 0 Å². The summed E-state index contributed by atoms with van der Waals surface area (Å²) >= 11 is 0. The molecule has 8 heteroatoms. The Labute approximate surface area is 120 Å². The van der Waals surface area contributed by atoms with Crippen molar-refractivity contribution in [2.24, 2.45) is 0 Å². The highest BCUT2D eigenvalue weighted by molar-refractivity contribution is 5.94. The summed E-state index contributed by atoms with van der Waals surface area (Å²) in [7, 11) is 0. The van der Waals surface area contributed by atoms with E-state index in [2.05, 4.69) is 0 Å². The van der Waals surface area contributed by atoms with Crippen LogP contribution in [0.3, 0.4) is 0 Å². The van der Waals surface area contributed by atoms with E-state index < -0.39 is 52.9 Å². The molecule has 0 spiro atoms. The Morgan fingerprint density at radius 2 is 1.32 bits per heavy atom. The lowest BCUT2D eigenvalue weighted by Crippen LogP contribution is -2.27. The van der Waals surface area contributed by atoms with Crippen LogP contribution in [0, 0.1) is 34.9 Å². The topological polar surface area (TPSA) is 29.1 Å². The minimum absolute atomic E-state index is 0.0141. The maximum Gasteiger partial charge on any atom is 0.257 e. The van der Waals surface area contributed by atoms with E-state index in [0.717, 1.165) is 6.07 Å². The van der Waals surface area contributed by atoms with Crippen LogP contribution in [-0.4, -0.2) is 5.91 Å². The molecule has 0 aromatic heterocycles. The molecule has 0 atom stereocenters. The van der Waals surface area contributed by atoms with Gasteiger partial charge in [-0.05, 0) is 6.07 Å². The molecular weight excluding hydrogens is 312 g/mol. The number of nitrogens with one attached hydrogen (secondary N) is 1. The first-order valence-corrected chi connectivity index (χ1v) is 5.87. The largest absolute Gasteiger partial charge is 0.348 e. The third-order valence-corrected chi connectivity index (χ3v) is 2.83. The Balaban J connectivity index is 2.29. The number of halogens is 6. The molecule has 2 rings (SSSR count). The molecule has 0 bridgehead atoms. The van der Waals surface area contributed by atoms with E-state index in [0.29, 0.717) is 0 Å². The van der Waals surface area contributed by atoms with Gasteiger partial charge in [0.2, 0.25) is 5.82 Å². The third-order valence-electron chi connectivity index (χ3n) is 2.83. The first kappa shape index (κ1) is 15.9. The Hall–Kier alpha value is -2.51. The molecule has 0 saturated carbocycles. The molecule has 2 aromatic rings. The molecule has 116 valence electrons. The second kappa shape index (κ2) is 6.08. The molecular formula is C14H7F6NO. The first-order chi connectivity index (χ1) is 10.3. The van der Waals surface area contributed by atoms with Gasteiger partial charge in [0.05, 0.1) is 0 Å². The Morgan fingerprint density at radius 3 is 1.86 bits per heavy atom. The van der Waals surface area contributed by atoms with Gasteiger partial charge in [-0.3, -0.25) is 4.79 Å². The molecule has 0 fully saturated rings. The lowest BCUT2D eigenvalue weighted by Gasteiger charge is -2.09. The van der Waals surface area contributed by atoms with Crippen molar-refractivity contribution in [3.63, 3.8) is 0 Å². The second-order valence-corrected chi connectivity index (χ2v) is 4.22. The summed E-state index contributed by atoms with van der Waals surface area (Å²) in [5.41, 5.74) is -1.63. The summed E-state index contributed by atoms with van der Waals surface area (Å²) in [5, 5.41) is 1.90. The number of rotatable bonds is 3. The minimum Gasteiger partial charge on any atom is -0.348 e. The van der Waals surface area contributed by atoms with E-state index in [-0.39, 0.29) is 5.56 Å². The summed E-state index contributed by atoms with van der Waals surface area (Å²) in [6.45, 7) is -0.481. The predicted octanol–water partition coefficient (Wildman–Crippen LogP) is 3.45. The van der Waals surface area contributed by atoms with Gasteiger partial charge in [-0.1, -0.05) is 18.2 Å². The first-order valence-electron chi connectivity index (χ1n) is 5.87. The van der Waals surface area contributed by atoms with E-state index >= 15 is 0 Å². The number of amides is 1. The summed E-state index contributed by atoms with van der Waals surface area (Å²) in [5.74, 6) is -13.5. The van der Waals surface area contributed by atoms with Gasteiger partial charge in [0.25, 0.3) is 5.91 Å². The fourth-order valence-corrected chi connectivity index (χ4v) is 1.71. The summed E-state index contributed by atoms with van der Waals surface area (Å²) < 4.78 is 79.0. The number of carbonyl (C=O) groups is 1. The molecule has 1 N–H and O–H groups in total. The molecule has 0 heterocycles. The van der Waals surface area contributed by atoms with Crippen LogP contribution in [-0.2, 0) is 6.54 Å². The fraction of sp³-hybridized carbons (Fsp3) is 0.0714. The maximum atomic E-state index is 13.4. The van der Waals surface area contributed by atoms with Crippen molar-refractivity contribution in [1.82, 2.24) is 5.32 Å². The van der Waals surface area contributed by atoms with Gasteiger partial charge in [-0.15, -0.1) is 0 Å². The standard InChI is InChI=1S/C14H7F6NO/c15-7-4-2-1-3-6(7)5-21-14(22)8-9(16)11(18)13(20)12(19)10(8)17/h1-4H,5H2,(H,21,22). The monoisotopic (exact) mass is 319 g/mol. The van der Waals surface area contributed by atoms with Crippen LogP contribution in [0.4, 0.5) is 26.3 Å². The summed E-state index contributed by atoms with van der Waals surface area (Å²) in [4.78, 5) is 11.6. The van der Waals surface area contributed by atoms with Gasteiger partial charge >= 0.3 is 0 Å². The molecule has 0 radical (unpaired) electrons. The number of benzene rings is 2. The normalized spacial score (nSPS) is 10.6. The smallest absolute Gasteiger partial charge is 0.257 e. The maximum absolute atomic E-state index is 13.4. The van der Waals surface area contributed by atoms with Crippen molar-refractivity contribution in [2.45, 2.75) is 6.54 Å². The molecule has 1 amide bonds. The van der Waals surface area contributed by atoms with Crippen LogP contribution in [0.2, 0.25) is 0 Å². The van der Waals surface area contributed by atoms with Crippen molar-refractivity contribution in [2.75, 3.05) is 0 Å². The molecule has 0 saturated heterocycles. The minimum atomic E-state index is -2.36. The zero-order valence-electron chi connectivity index (χ0n) is 10.7. The third kappa shape index (κ3) is 2.76. The molecule has 0 aliphatic rings. The fourth-order valence-electron chi connectivity index (χ4n) is 1.71. The highest BCUT2D eigenvalue weighted by atomic mass is 19.2. The molecule has 2 nitrogen and oxygen atoms in total. The van der Waals surface area contributed by atoms with Gasteiger partial charge in [0, 0.05) is 12.1 Å². The lowest BCUT2D eigenvalue weighted by molar-refractivity contribution is 0.0939. The van der Waals surface area contributed by atoms with Crippen molar-refractivity contribution < 1.29 is 31.1 Å². The molecule has 0 aliphatic carbocycles. The average molecular weight is 319 g/mol.